The molecule has 130 valence electrons. The van der Waals surface area contributed by atoms with Crippen LogP contribution in [0.5, 0.6) is 17.2 Å². The van der Waals surface area contributed by atoms with Gasteiger partial charge in [-0.25, -0.2) is 0 Å². The topological polar surface area (TPSA) is 82.8 Å². The molecule has 0 saturated heterocycles. The molecule has 1 aliphatic rings. The number of amides is 1. The summed E-state index contributed by atoms with van der Waals surface area (Å²) in [6.45, 7) is 0.367. The van der Waals surface area contributed by atoms with E-state index < -0.39 is 0 Å². The van der Waals surface area contributed by atoms with Gasteiger partial charge in [-0.3, -0.25) is 4.79 Å². The summed E-state index contributed by atoms with van der Waals surface area (Å²) in [7, 11) is 4.73. The average molecular weight is 345 g/mol. The predicted octanol–water partition coefficient (Wildman–Crippen LogP) is 1.88. The van der Waals surface area contributed by atoms with Crippen LogP contribution in [0.25, 0.3) is 0 Å². The minimum absolute atomic E-state index is 0. The van der Waals surface area contributed by atoms with Crippen LogP contribution in [0.2, 0.25) is 0 Å². The summed E-state index contributed by atoms with van der Waals surface area (Å²) in [4.78, 5) is 12.2. The van der Waals surface area contributed by atoms with Crippen LogP contribution in [-0.2, 0) is 11.3 Å². The number of nitrogens with one attached hydrogen (secondary N) is 1. The first-order valence-electron chi connectivity index (χ1n) is 7.42. The van der Waals surface area contributed by atoms with Crippen molar-refractivity contribution in [3.8, 4) is 17.2 Å². The molecule has 0 heterocycles. The third-order valence-electron chi connectivity index (χ3n) is 4.15. The number of methoxy groups -OCH3 is 3. The fourth-order valence-electron chi connectivity index (χ4n) is 2.86. The lowest BCUT2D eigenvalue weighted by molar-refractivity contribution is -0.125. The van der Waals surface area contributed by atoms with Crippen molar-refractivity contribution in [1.82, 2.24) is 5.32 Å². The van der Waals surface area contributed by atoms with Gasteiger partial charge in [-0.15, -0.1) is 12.4 Å². The third kappa shape index (κ3) is 4.42. The second kappa shape index (κ2) is 8.84. The van der Waals surface area contributed by atoms with Gasteiger partial charge in [0.05, 0.1) is 27.2 Å². The summed E-state index contributed by atoms with van der Waals surface area (Å²) in [5.74, 6) is 1.75. The maximum Gasteiger partial charge on any atom is 0.224 e. The fourth-order valence-corrected chi connectivity index (χ4v) is 2.86. The van der Waals surface area contributed by atoms with Crippen LogP contribution < -0.4 is 25.3 Å². The van der Waals surface area contributed by atoms with E-state index >= 15 is 0 Å². The molecular formula is C16H25ClN2O4. The molecule has 1 aliphatic carbocycles. The first-order chi connectivity index (χ1) is 10.6. The predicted molar refractivity (Wildman–Crippen MR) is 90.5 cm³/mol. The van der Waals surface area contributed by atoms with Crippen molar-refractivity contribution in [3.63, 3.8) is 0 Å². The standard InChI is InChI=1S/C16H24N2O4.ClH/c1-20-13-8-15(22-3)14(21-2)7-10(13)9-18-16(19)11-5-4-6-12(11)17;/h7-8,11-12H,4-6,9,17H2,1-3H3,(H,18,19);1H. The lowest BCUT2D eigenvalue weighted by Crippen LogP contribution is -2.38. The molecule has 0 aromatic heterocycles. The van der Waals surface area contributed by atoms with Gasteiger partial charge in [-0.05, 0) is 18.9 Å². The summed E-state index contributed by atoms with van der Waals surface area (Å²) in [6, 6.07) is 3.53. The van der Waals surface area contributed by atoms with E-state index in [1.807, 2.05) is 6.07 Å². The quantitative estimate of drug-likeness (QED) is 0.823. The summed E-state index contributed by atoms with van der Waals surface area (Å²) in [6.07, 6.45) is 2.78. The Morgan fingerprint density at radius 2 is 1.74 bits per heavy atom. The van der Waals surface area contributed by atoms with Gasteiger partial charge in [-0.2, -0.15) is 0 Å². The Kier molecular flexibility index (Phi) is 7.45. The van der Waals surface area contributed by atoms with Crippen LogP contribution in [0.15, 0.2) is 12.1 Å². The smallest absolute Gasteiger partial charge is 0.224 e. The van der Waals surface area contributed by atoms with Crippen LogP contribution in [0.4, 0.5) is 0 Å². The van der Waals surface area contributed by atoms with E-state index in [0.29, 0.717) is 23.8 Å². The first kappa shape index (κ1) is 19.4. The molecule has 0 bridgehead atoms. The Labute approximate surface area is 143 Å². The number of ether oxygens (including phenoxy) is 3. The molecule has 0 spiro atoms. The monoisotopic (exact) mass is 344 g/mol. The van der Waals surface area contributed by atoms with Crippen molar-refractivity contribution in [2.75, 3.05) is 21.3 Å². The minimum atomic E-state index is -0.0915. The molecule has 1 fully saturated rings. The maximum atomic E-state index is 12.2. The minimum Gasteiger partial charge on any atom is -0.496 e. The Hall–Kier alpha value is -1.66. The van der Waals surface area contributed by atoms with Crippen LogP contribution in [0.3, 0.4) is 0 Å². The molecule has 1 saturated carbocycles. The van der Waals surface area contributed by atoms with Crippen LogP contribution in [-0.4, -0.2) is 33.3 Å². The SMILES string of the molecule is COc1cc(OC)c(OC)cc1CNC(=O)C1CCCC1N.Cl. The Morgan fingerprint density at radius 3 is 2.26 bits per heavy atom. The van der Waals surface area contributed by atoms with Crippen molar-refractivity contribution in [1.29, 1.82) is 0 Å². The zero-order chi connectivity index (χ0) is 16.1. The van der Waals surface area contributed by atoms with Gasteiger partial charge in [0.2, 0.25) is 5.91 Å². The summed E-state index contributed by atoms with van der Waals surface area (Å²) < 4.78 is 15.9. The van der Waals surface area contributed by atoms with Crippen molar-refractivity contribution in [3.05, 3.63) is 17.7 Å². The van der Waals surface area contributed by atoms with Gasteiger partial charge in [0.1, 0.15) is 5.75 Å². The number of benzene rings is 1. The zero-order valence-electron chi connectivity index (χ0n) is 13.8. The summed E-state index contributed by atoms with van der Waals surface area (Å²) >= 11 is 0. The van der Waals surface area contributed by atoms with Gasteiger partial charge < -0.3 is 25.3 Å². The normalized spacial score (nSPS) is 19.7. The highest BCUT2D eigenvalue weighted by Crippen LogP contribution is 2.34. The van der Waals surface area contributed by atoms with E-state index in [-0.39, 0.29) is 30.3 Å². The third-order valence-corrected chi connectivity index (χ3v) is 4.15. The van der Waals surface area contributed by atoms with Crippen LogP contribution >= 0.6 is 12.4 Å². The molecule has 0 radical (unpaired) electrons. The first-order valence-corrected chi connectivity index (χ1v) is 7.42. The molecule has 7 heteroatoms. The fraction of sp³-hybridized carbons (Fsp3) is 0.562. The average Bonchev–Trinajstić information content (AvgIpc) is 2.97. The molecule has 0 aliphatic heterocycles. The second-order valence-corrected chi connectivity index (χ2v) is 5.44. The van der Waals surface area contributed by atoms with E-state index in [1.54, 1.807) is 27.4 Å². The highest BCUT2D eigenvalue weighted by atomic mass is 35.5. The largest absolute Gasteiger partial charge is 0.496 e. The van der Waals surface area contributed by atoms with Crippen LogP contribution in [0, 0.1) is 5.92 Å². The molecule has 2 atom stereocenters. The van der Waals surface area contributed by atoms with Crippen molar-refractivity contribution >= 4 is 18.3 Å². The highest BCUT2D eigenvalue weighted by Gasteiger charge is 2.30. The van der Waals surface area contributed by atoms with Gasteiger partial charge in [0.15, 0.2) is 11.5 Å². The van der Waals surface area contributed by atoms with E-state index in [9.17, 15) is 4.79 Å². The summed E-state index contributed by atoms with van der Waals surface area (Å²) in [5, 5.41) is 2.94. The van der Waals surface area contributed by atoms with Gasteiger partial charge >= 0.3 is 0 Å². The molecule has 1 amide bonds. The Balaban J connectivity index is 0.00000264. The lowest BCUT2D eigenvalue weighted by atomic mass is 10.0. The van der Waals surface area contributed by atoms with E-state index in [0.717, 1.165) is 24.8 Å². The molecule has 23 heavy (non-hydrogen) atoms. The van der Waals surface area contributed by atoms with Gasteiger partial charge in [0, 0.05) is 24.2 Å². The van der Waals surface area contributed by atoms with E-state index in [4.69, 9.17) is 19.9 Å². The number of carbonyl (C=O) groups is 1. The highest BCUT2D eigenvalue weighted by molar-refractivity contribution is 5.85. The van der Waals surface area contributed by atoms with Gasteiger partial charge in [-0.1, -0.05) is 6.42 Å². The van der Waals surface area contributed by atoms with Crippen molar-refractivity contribution < 1.29 is 19.0 Å². The Bertz CT molecular complexity index is 539. The summed E-state index contributed by atoms with van der Waals surface area (Å²) in [5.41, 5.74) is 6.80. The van der Waals surface area contributed by atoms with E-state index in [2.05, 4.69) is 5.32 Å². The molecule has 3 N–H and O–H groups in total. The number of hydrogen-bond donors (Lipinski definition) is 2. The molecule has 2 rings (SSSR count). The molecule has 1 aromatic rings. The molecule has 1 aromatic carbocycles. The van der Waals surface area contributed by atoms with Crippen molar-refractivity contribution in [2.45, 2.75) is 31.8 Å². The number of halogens is 1. The number of rotatable bonds is 6. The second-order valence-electron chi connectivity index (χ2n) is 5.44. The number of carbonyl (C=O) groups excluding carboxylic acids is 1. The molecule has 6 nitrogen and oxygen atoms in total. The molecule has 2 unspecified atom stereocenters. The van der Waals surface area contributed by atoms with Crippen LogP contribution in [0.1, 0.15) is 24.8 Å². The molecular weight excluding hydrogens is 320 g/mol. The lowest BCUT2D eigenvalue weighted by Gasteiger charge is -2.17. The number of hydrogen-bond acceptors (Lipinski definition) is 5. The van der Waals surface area contributed by atoms with Crippen molar-refractivity contribution in [2.24, 2.45) is 11.7 Å². The van der Waals surface area contributed by atoms with Gasteiger partial charge in [0.25, 0.3) is 0 Å². The Morgan fingerprint density at radius 1 is 1.13 bits per heavy atom. The maximum absolute atomic E-state index is 12.2. The number of nitrogens with two attached hydrogens (primary N) is 1. The van der Waals surface area contributed by atoms with E-state index in [1.165, 1.54) is 0 Å². The zero-order valence-corrected chi connectivity index (χ0v) is 14.6.